The van der Waals surface area contributed by atoms with Gasteiger partial charge in [0.25, 0.3) is 0 Å². The molecule has 0 amide bonds. The molecule has 16 heavy (non-hydrogen) atoms. The molecule has 0 unspecified atom stereocenters. The Morgan fingerprint density at radius 2 is 2.19 bits per heavy atom. The maximum Gasteiger partial charge on any atom is 0.161 e. The van der Waals surface area contributed by atoms with Crippen molar-refractivity contribution in [3.8, 4) is 0 Å². The van der Waals surface area contributed by atoms with E-state index in [0.29, 0.717) is 10.6 Å². The van der Waals surface area contributed by atoms with Gasteiger partial charge in [0.05, 0.1) is 5.02 Å². The van der Waals surface area contributed by atoms with E-state index >= 15 is 0 Å². The lowest BCUT2D eigenvalue weighted by atomic mass is 10.1. The van der Waals surface area contributed by atoms with Crippen molar-refractivity contribution < 1.29 is 4.79 Å². The van der Waals surface area contributed by atoms with E-state index in [1.807, 2.05) is 18.2 Å². The Kier molecular flexibility index (Phi) is 3.20. The normalized spacial score (nSPS) is 14.9. The molecule has 0 N–H and O–H groups in total. The van der Waals surface area contributed by atoms with Crippen LogP contribution < -0.4 is 4.90 Å². The molecule has 3 heteroatoms. The number of halogens is 1. The Morgan fingerprint density at radius 3 is 2.69 bits per heavy atom. The minimum Gasteiger partial charge on any atom is -0.374 e. The lowest BCUT2D eigenvalue weighted by Crippen LogP contribution is -2.19. The second-order valence-corrected chi connectivity index (χ2v) is 4.95. The van der Waals surface area contributed by atoms with E-state index in [-0.39, 0.29) is 5.78 Å². The van der Waals surface area contributed by atoms with E-state index in [1.165, 1.54) is 19.8 Å². The fourth-order valence-corrected chi connectivity index (χ4v) is 2.13. The predicted octanol–water partition coefficient (Wildman–Crippen LogP) is 3.39. The Balaban J connectivity index is 2.15. The molecule has 0 saturated heterocycles. The lowest BCUT2D eigenvalue weighted by Gasteiger charge is -2.19. The van der Waals surface area contributed by atoms with Crippen molar-refractivity contribution in [1.29, 1.82) is 0 Å². The van der Waals surface area contributed by atoms with Gasteiger partial charge in [-0.25, -0.2) is 0 Å². The average Bonchev–Trinajstić information content (AvgIpc) is 3.00. The molecule has 86 valence electrons. The number of hydrogen-bond donors (Lipinski definition) is 0. The van der Waals surface area contributed by atoms with Crippen LogP contribution in [-0.4, -0.2) is 19.4 Å². The first kappa shape index (κ1) is 11.5. The average molecular weight is 238 g/mol. The third-order valence-corrected chi connectivity index (χ3v) is 3.31. The summed E-state index contributed by atoms with van der Waals surface area (Å²) in [5.74, 6) is 0.859. The third kappa shape index (κ3) is 2.56. The summed E-state index contributed by atoms with van der Waals surface area (Å²) in [5, 5.41) is 0.549. The zero-order chi connectivity index (χ0) is 11.7. The molecule has 2 nitrogen and oxygen atoms in total. The van der Waals surface area contributed by atoms with Gasteiger partial charge in [0.2, 0.25) is 0 Å². The van der Waals surface area contributed by atoms with E-state index in [9.17, 15) is 4.79 Å². The number of carbonyl (C=O) groups excluding carboxylic acids is 1. The number of rotatable bonds is 4. The van der Waals surface area contributed by atoms with Gasteiger partial charge in [0.1, 0.15) is 0 Å². The molecule has 2 rings (SSSR count). The zero-order valence-corrected chi connectivity index (χ0v) is 10.4. The molecule has 0 radical (unpaired) electrons. The molecular weight excluding hydrogens is 222 g/mol. The molecule has 0 aliphatic heterocycles. The molecule has 1 saturated carbocycles. The third-order valence-electron chi connectivity index (χ3n) is 3.00. The van der Waals surface area contributed by atoms with Crippen molar-refractivity contribution in [2.24, 2.45) is 5.92 Å². The number of nitrogens with zero attached hydrogens (tertiary/aromatic N) is 1. The molecule has 0 bridgehead atoms. The van der Waals surface area contributed by atoms with Gasteiger partial charge in [0, 0.05) is 24.8 Å². The highest BCUT2D eigenvalue weighted by atomic mass is 35.5. The number of hydrogen-bond acceptors (Lipinski definition) is 2. The SMILES string of the molecule is CC(=O)c1ccc(N(C)CC2CC2)cc1Cl. The van der Waals surface area contributed by atoms with Crippen molar-refractivity contribution in [2.75, 3.05) is 18.5 Å². The molecule has 1 aliphatic carbocycles. The van der Waals surface area contributed by atoms with E-state index < -0.39 is 0 Å². The first-order valence-corrected chi connectivity index (χ1v) is 5.97. The quantitative estimate of drug-likeness (QED) is 0.749. The topological polar surface area (TPSA) is 20.3 Å². The number of anilines is 1. The van der Waals surface area contributed by atoms with Crippen molar-refractivity contribution in [3.63, 3.8) is 0 Å². The molecule has 1 fully saturated rings. The van der Waals surface area contributed by atoms with E-state index in [1.54, 1.807) is 0 Å². The highest BCUT2D eigenvalue weighted by Gasteiger charge is 2.23. The number of Topliss-reactive ketones (excluding diaryl/α,β-unsaturated/α-hetero) is 1. The van der Waals surface area contributed by atoms with Crippen LogP contribution in [0.4, 0.5) is 5.69 Å². The number of carbonyl (C=O) groups is 1. The maximum absolute atomic E-state index is 11.2. The zero-order valence-electron chi connectivity index (χ0n) is 9.66. The van der Waals surface area contributed by atoms with E-state index in [4.69, 9.17) is 11.6 Å². The molecule has 1 aromatic rings. The number of benzene rings is 1. The number of ketones is 1. The van der Waals surface area contributed by atoms with Gasteiger partial charge in [0.15, 0.2) is 5.78 Å². The van der Waals surface area contributed by atoms with Crippen LogP contribution in [0.2, 0.25) is 5.02 Å². The van der Waals surface area contributed by atoms with Crippen LogP contribution in [0.5, 0.6) is 0 Å². The van der Waals surface area contributed by atoms with Crippen molar-refractivity contribution in [2.45, 2.75) is 19.8 Å². The molecule has 0 atom stereocenters. The molecule has 1 aliphatic rings. The van der Waals surface area contributed by atoms with Crippen LogP contribution in [0.3, 0.4) is 0 Å². The highest BCUT2D eigenvalue weighted by Crippen LogP contribution is 2.31. The van der Waals surface area contributed by atoms with Crippen LogP contribution in [0, 0.1) is 5.92 Å². The summed E-state index contributed by atoms with van der Waals surface area (Å²) >= 11 is 6.07. The molecular formula is C13H16ClNO. The molecule has 0 aromatic heterocycles. The summed E-state index contributed by atoms with van der Waals surface area (Å²) in [5.41, 5.74) is 1.69. The summed E-state index contributed by atoms with van der Waals surface area (Å²) in [6.07, 6.45) is 2.67. The van der Waals surface area contributed by atoms with Gasteiger partial charge in [-0.15, -0.1) is 0 Å². The van der Waals surface area contributed by atoms with Crippen molar-refractivity contribution in [3.05, 3.63) is 28.8 Å². The first-order chi connectivity index (χ1) is 7.58. The minimum atomic E-state index is 0.0152. The van der Waals surface area contributed by atoms with Crippen LogP contribution in [0.15, 0.2) is 18.2 Å². The van der Waals surface area contributed by atoms with Crippen LogP contribution >= 0.6 is 11.6 Å². The molecule has 1 aromatic carbocycles. The fraction of sp³-hybridized carbons (Fsp3) is 0.462. The van der Waals surface area contributed by atoms with Gasteiger partial charge in [-0.3, -0.25) is 4.79 Å². The summed E-state index contributed by atoms with van der Waals surface area (Å²) in [4.78, 5) is 13.4. The molecule has 0 spiro atoms. The van der Waals surface area contributed by atoms with Crippen molar-refractivity contribution >= 4 is 23.1 Å². The van der Waals surface area contributed by atoms with Gasteiger partial charge >= 0.3 is 0 Å². The Hall–Kier alpha value is -1.02. The standard InChI is InChI=1S/C13H16ClNO/c1-9(16)12-6-5-11(7-13(12)14)15(2)8-10-3-4-10/h5-7,10H,3-4,8H2,1-2H3. The second kappa shape index (κ2) is 4.46. The van der Waals surface area contributed by atoms with E-state index in [0.717, 1.165) is 18.2 Å². The van der Waals surface area contributed by atoms with Crippen LogP contribution in [0.25, 0.3) is 0 Å². The van der Waals surface area contributed by atoms with Gasteiger partial charge in [-0.05, 0) is 43.9 Å². The van der Waals surface area contributed by atoms with Crippen LogP contribution in [0.1, 0.15) is 30.1 Å². The summed E-state index contributed by atoms with van der Waals surface area (Å²) in [7, 11) is 2.07. The predicted molar refractivity (Wildman–Crippen MR) is 67.5 cm³/mol. The lowest BCUT2D eigenvalue weighted by molar-refractivity contribution is 0.101. The first-order valence-electron chi connectivity index (χ1n) is 5.59. The summed E-state index contributed by atoms with van der Waals surface area (Å²) < 4.78 is 0. The van der Waals surface area contributed by atoms with E-state index in [2.05, 4.69) is 11.9 Å². The Labute approximate surface area is 101 Å². The van der Waals surface area contributed by atoms with Crippen molar-refractivity contribution in [1.82, 2.24) is 0 Å². The van der Waals surface area contributed by atoms with Gasteiger partial charge < -0.3 is 4.90 Å². The maximum atomic E-state index is 11.2. The largest absolute Gasteiger partial charge is 0.374 e. The smallest absolute Gasteiger partial charge is 0.161 e. The summed E-state index contributed by atoms with van der Waals surface area (Å²) in [6, 6.07) is 5.65. The Bertz CT molecular complexity index is 412. The summed E-state index contributed by atoms with van der Waals surface area (Å²) in [6.45, 7) is 2.62. The van der Waals surface area contributed by atoms with Gasteiger partial charge in [-0.2, -0.15) is 0 Å². The fourth-order valence-electron chi connectivity index (χ4n) is 1.82. The molecule has 0 heterocycles. The van der Waals surface area contributed by atoms with Gasteiger partial charge in [-0.1, -0.05) is 11.6 Å². The highest BCUT2D eigenvalue weighted by molar-refractivity contribution is 6.34. The van der Waals surface area contributed by atoms with Crippen LogP contribution in [-0.2, 0) is 0 Å². The second-order valence-electron chi connectivity index (χ2n) is 4.54. The minimum absolute atomic E-state index is 0.0152. The monoisotopic (exact) mass is 237 g/mol. The Morgan fingerprint density at radius 1 is 1.50 bits per heavy atom.